The van der Waals surface area contributed by atoms with Crippen molar-refractivity contribution in [3.05, 3.63) is 72.8 Å². The molecule has 6 heteroatoms. The van der Waals surface area contributed by atoms with Crippen LogP contribution in [0, 0.1) is 0 Å². The Bertz CT molecular complexity index is 961. The molecule has 0 radical (unpaired) electrons. The van der Waals surface area contributed by atoms with Crippen LogP contribution in [0.1, 0.15) is 0 Å². The average Bonchev–Trinajstić information content (AvgIpc) is 2.68. The summed E-state index contributed by atoms with van der Waals surface area (Å²) in [4.78, 5) is 17.3. The minimum Gasteiger partial charge on any atom is -0.368 e. The van der Waals surface area contributed by atoms with Crippen molar-refractivity contribution in [1.82, 2.24) is 19.9 Å². The third-order valence-corrected chi connectivity index (χ3v) is 3.89. The molecule has 0 atom stereocenters. The number of rotatable bonds is 3. The number of nitrogens with two attached hydrogens (primary N) is 2. The zero-order valence-electron chi connectivity index (χ0n) is 13.9. The molecule has 2 aromatic heterocycles. The molecule has 0 aliphatic rings. The Kier molecular flexibility index (Phi) is 3.99. The number of nitrogens with zero attached hydrogens (tertiary/aromatic N) is 4. The molecule has 6 nitrogen and oxygen atoms in total. The van der Waals surface area contributed by atoms with Gasteiger partial charge in [-0.15, -0.1) is 0 Å². The second-order valence-corrected chi connectivity index (χ2v) is 5.73. The van der Waals surface area contributed by atoms with Gasteiger partial charge < -0.3 is 11.5 Å². The quantitative estimate of drug-likeness (QED) is 0.592. The molecular weight excluding hydrogens is 324 g/mol. The predicted octanol–water partition coefficient (Wildman–Crippen LogP) is 3.43. The van der Waals surface area contributed by atoms with E-state index < -0.39 is 0 Å². The maximum Gasteiger partial charge on any atom is 0.221 e. The summed E-state index contributed by atoms with van der Waals surface area (Å²) in [6.07, 6.45) is 0. The fourth-order valence-corrected chi connectivity index (χ4v) is 2.71. The minimum absolute atomic E-state index is 0.180. The molecule has 0 saturated heterocycles. The first-order chi connectivity index (χ1) is 12.7. The molecule has 0 saturated carbocycles. The van der Waals surface area contributed by atoms with E-state index in [0.29, 0.717) is 11.4 Å². The fraction of sp³-hybridized carbons (Fsp3) is 0. The SMILES string of the molecule is Nc1nc(-c2ccccc2)cc(-c2cc(-c3ccccc3)nc(N)n2)n1. The number of nitrogen functional groups attached to an aromatic ring is 2. The van der Waals surface area contributed by atoms with Crippen molar-refractivity contribution < 1.29 is 0 Å². The molecule has 4 N–H and O–H groups in total. The van der Waals surface area contributed by atoms with Gasteiger partial charge in [-0.2, -0.15) is 0 Å². The first-order valence-corrected chi connectivity index (χ1v) is 8.09. The molecule has 126 valence electrons. The van der Waals surface area contributed by atoms with E-state index in [-0.39, 0.29) is 11.9 Å². The molecular formula is C20H16N6. The largest absolute Gasteiger partial charge is 0.368 e. The van der Waals surface area contributed by atoms with Gasteiger partial charge >= 0.3 is 0 Å². The lowest BCUT2D eigenvalue weighted by Crippen LogP contribution is -2.02. The molecule has 2 heterocycles. The topological polar surface area (TPSA) is 104 Å². The first kappa shape index (κ1) is 15.7. The highest BCUT2D eigenvalue weighted by Crippen LogP contribution is 2.26. The van der Waals surface area contributed by atoms with Crippen LogP contribution < -0.4 is 11.5 Å². The van der Waals surface area contributed by atoms with Gasteiger partial charge in [0.05, 0.1) is 22.8 Å². The minimum atomic E-state index is 0.180. The van der Waals surface area contributed by atoms with Gasteiger partial charge in [-0.3, -0.25) is 0 Å². The van der Waals surface area contributed by atoms with Gasteiger partial charge in [-0.05, 0) is 12.1 Å². The highest BCUT2D eigenvalue weighted by molar-refractivity contribution is 5.71. The highest BCUT2D eigenvalue weighted by Gasteiger charge is 2.11. The summed E-state index contributed by atoms with van der Waals surface area (Å²) in [7, 11) is 0. The fourth-order valence-electron chi connectivity index (χ4n) is 2.71. The molecule has 4 aromatic rings. The Hall–Kier alpha value is -3.80. The van der Waals surface area contributed by atoms with Crippen LogP contribution in [0.15, 0.2) is 72.8 Å². The van der Waals surface area contributed by atoms with Crippen LogP contribution in [0.3, 0.4) is 0 Å². The lowest BCUT2D eigenvalue weighted by molar-refractivity contribution is 1.14. The molecule has 0 aliphatic carbocycles. The van der Waals surface area contributed by atoms with Gasteiger partial charge in [0.15, 0.2) is 0 Å². The third-order valence-electron chi connectivity index (χ3n) is 3.89. The van der Waals surface area contributed by atoms with Gasteiger partial charge in [-0.1, -0.05) is 60.7 Å². The molecule has 0 fully saturated rings. The maximum absolute atomic E-state index is 5.92. The van der Waals surface area contributed by atoms with Gasteiger partial charge in [0.1, 0.15) is 0 Å². The summed E-state index contributed by atoms with van der Waals surface area (Å²) in [6, 6.07) is 23.3. The van der Waals surface area contributed by atoms with Crippen molar-refractivity contribution in [2.45, 2.75) is 0 Å². The Morgan fingerprint density at radius 2 is 0.808 bits per heavy atom. The smallest absolute Gasteiger partial charge is 0.221 e. The van der Waals surface area contributed by atoms with E-state index in [1.165, 1.54) is 0 Å². The molecule has 2 aromatic carbocycles. The predicted molar refractivity (Wildman–Crippen MR) is 103 cm³/mol. The summed E-state index contributed by atoms with van der Waals surface area (Å²) in [5, 5.41) is 0. The number of hydrogen-bond donors (Lipinski definition) is 2. The summed E-state index contributed by atoms with van der Waals surface area (Å²) in [5.41, 5.74) is 16.4. The van der Waals surface area contributed by atoms with Crippen molar-refractivity contribution in [1.29, 1.82) is 0 Å². The Balaban J connectivity index is 1.83. The van der Waals surface area contributed by atoms with Crippen molar-refractivity contribution in [2.24, 2.45) is 0 Å². The average molecular weight is 340 g/mol. The van der Waals surface area contributed by atoms with Gasteiger partial charge in [0.2, 0.25) is 11.9 Å². The van der Waals surface area contributed by atoms with Crippen LogP contribution >= 0.6 is 0 Å². The van der Waals surface area contributed by atoms with Crippen molar-refractivity contribution in [3.63, 3.8) is 0 Å². The Labute approximate surface area is 150 Å². The van der Waals surface area contributed by atoms with Crippen LogP contribution in [0.4, 0.5) is 11.9 Å². The third kappa shape index (κ3) is 3.21. The molecule has 0 aliphatic heterocycles. The number of aromatic nitrogens is 4. The van der Waals surface area contributed by atoms with E-state index in [4.69, 9.17) is 11.5 Å². The van der Waals surface area contributed by atoms with E-state index in [1.54, 1.807) is 0 Å². The maximum atomic E-state index is 5.92. The second-order valence-electron chi connectivity index (χ2n) is 5.73. The molecule has 0 spiro atoms. The standard InChI is InChI=1S/C20H16N6/c21-19-23-15(13-7-3-1-4-8-13)11-17(25-19)18-12-16(24-20(22)26-18)14-9-5-2-6-10-14/h1-12H,(H2,21,23,25)(H2,22,24,26). The van der Waals surface area contributed by atoms with E-state index in [1.807, 2.05) is 72.8 Å². The molecule has 0 unspecified atom stereocenters. The monoisotopic (exact) mass is 340 g/mol. The van der Waals surface area contributed by atoms with E-state index in [0.717, 1.165) is 22.5 Å². The lowest BCUT2D eigenvalue weighted by Gasteiger charge is -2.08. The van der Waals surface area contributed by atoms with Gasteiger partial charge in [-0.25, -0.2) is 19.9 Å². The molecule has 0 amide bonds. The zero-order chi connectivity index (χ0) is 17.9. The first-order valence-electron chi connectivity index (χ1n) is 8.09. The number of anilines is 2. The van der Waals surface area contributed by atoms with Crippen LogP contribution in [-0.4, -0.2) is 19.9 Å². The van der Waals surface area contributed by atoms with Crippen LogP contribution in [-0.2, 0) is 0 Å². The Morgan fingerprint density at radius 3 is 1.19 bits per heavy atom. The summed E-state index contributed by atoms with van der Waals surface area (Å²) in [6.45, 7) is 0. The molecule has 26 heavy (non-hydrogen) atoms. The zero-order valence-corrected chi connectivity index (χ0v) is 13.9. The van der Waals surface area contributed by atoms with Crippen LogP contribution in [0.2, 0.25) is 0 Å². The van der Waals surface area contributed by atoms with Crippen molar-refractivity contribution >= 4 is 11.9 Å². The number of hydrogen-bond acceptors (Lipinski definition) is 6. The molecule has 4 rings (SSSR count). The van der Waals surface area contributed by atoms with Gasteiger partial charge in [0, 0.05) is 11.1 Å². The van der Waals surface area contributed by atoms with Crippen LogP contribution in [0.25, 0.3) is 33.9 Å². The molecule has 0 bridgehead atoms. The normalized spacial score (nSPS) is 10.6. The van der Waals surface area contributed by atoms with Gasteiger partial charge in [0.25, 0.3) is 0 Å². The second kappa shape index (κ2) is 6.60. The van der Waals surface area contributed by atoms with E-state index in [2.05, 4.69) is 19.9 Å². The lowest BCUT2D eigenvalue weighted by atomic mass is 10.1. The van der Waals surface area contributed by atoms with Crippen LogP contribution in [0.5, 0.6) is 0 Å². The van der Waals surface area contributed by atoms with Crippen molar-refractivity contribution in [3.8, 4) is 33.9 Å². The Morgan fingerprint density at radius 1 is 0.462 bits per heavy atom. The highest BCUT2D eigenvalue weighted by atomic mass is 15.0. The summed E-state index contributed by atoms with van der Waals surface area (Å²) in [5.74, 6) is 0.361. The van der Waals surface area contributed by atoms with E-state index in [9.17, 15) is 0 Å². The van der Waals surface area contributed by atoms with Crippen molar-refractivity contribution in [2.75, 3.05) is 11.5 Å². The van der Waals surface area contributed by atoms with E-state index >= 15 is 0 Å². The summed E-state index contributed by atoms with van der Waals surface area (Å²) >= 11 is 0. The summed E-state index contributed by atoms with van der Waals surface area (Å²) < 4.78 is 0. The number of benzene rings is 2.